The first-order valence-corrected chi connectivity index (χ1v) is 8.06. The van der Waals surface area contributed by atoms with Gasteiger partial charge in [-0.15, -0.1) is 0 Å². The summed E-state index contributed by atoms with van der Waals surface area (Å²) in [6, 6.07) is 4.80. The third-order valence-corrected chi connectivity index (χ3v) is 4.77. The van der Waals surface area contributed by atoms with Crippen molar-refractivity contribution in [2.24, 2.45) is 0 Å². The molecule has 2 fully saturated rings. The fourth-order valence-corrected chi connectivity index (χ4v) is 3.28. The topological polar surface area (TPSA) is 66.9 Å². The van der Waals surface area contributed by atoms with E-state index in [-0.39, 0.29) is 23.8 Å². The molecule has 0 bridgehead atoms. The zero-order chi connectivity index (χ0) is 16.0. The van der Waals surface area contributed by atoms with E-state index in [0.717, 1.165) is 32.4 Å². The summed E-state index contributed by atoms with van der Waals surface area (Å²) in [6.07, 6.45) is 2.77. The van der Waals surface area contributed by atoms with Crippen molar-refractivity contribution in [3.8, 4) is 0 Å². The Morgan fingerprint density at radius 2 is 1.91 bits per heavy atom. The lowest BCUT2D eigenvalue weighted by Gasteiger charge is -2.30. The third-order valence-electron chi connectivity index (χ3n) is 4.77. The minimum Gasteiger partial charge on any atom is -0.376 e. The molecule has 1 aromatic carbocycles. The van der Waals surface area contributed by atoms with E-state index in [0.29, 0.717) is 29.8 Å². The van der Waals surface area contributed by atoms with Crippen molar-refractivity contribution < 1.29 is 19.1 Å². The Kier molecular flexibility index (Phi) is 3.41. The summed E-state index contributed by atoms with van der Waals surface area (Å²) in [5.74, 6) is -0.681. The first-order valence-electron chi connectivity index (χ1n) is 8.06. The van der Waals surface area contributed by atoms with Crippen molar-refractivity contribution in [1.29, 1.82) is 0 Å². The molecule has 0 aromatic heterocycles. The maximum atomic E-state index is 12.5. The molecule has 0 saturated carbocycles. The Balaban J connectivity index is 1.58. The van der Waals surface area contributed by atoms with Crippen LogP contribution >= 0.6 is 0 Å². The standard InChI is InChI=1S/C17H18N2O4/c20-15(18-6-2-7-18)11-4-5-13-14(9-11)17(22)19(16(13)21)10-12-3-1-8-23-12/h4-5,9,12H,1-3,6-8,10H2. The first-order chi connectivity index (χ1) is 11.1. The molecule has 3 heterocycles. The normalized spacial score (nSPS) is 23.2. The van der Waals surface area contributed by atoms with Gasteiger partial charge in [-0.2, -0.15) is 0 Å². The second-order valence-electron chi connectivity index (χ2n) is 6.26. The van der Waals surface area contributed by atoms with Crippen molar-refractivity contribution in [3.05, 3.63) is 34.9 Å². The predicted octanol–water partition coefficient (Wildman–Crippen LogP) is 1.31. The molecule has 1 aromatic rings. The number of amides is 3. The van der Waals surface area contributed by atoms with E-state index in [1.807, 2.05) is 0 Å². The van der Waals surface area contributed by atoms with Crippen LogP contribution in [0, 0.1) is 0 Å². The molecule has 0 spiro atoms. The molecule has 0 aliphatic carbocycles. The van der Waals surface area contributed by atoms with E-state index in [1.54, 1.807) is 23.1 Å². The van der Waals surface area contributed by atoms with Gasteiger partial charge in [-0.3, -0.25) is 19.3 Å². The van der Waals surface area contributed by atoms with Crippen LogP contribution < -0.4 is 0 Å². The van der Waals surface area contributed by atoms with Crippen LogP contribution in [0.2, 0.25) is 0 Å². The summed E-state index contributed by atoms with van der Waals surface area (Å²) >= 11 is 0. The highest BCUT2D eigenvalue weighted by Crippen LogP contribution is 2.27. The van der Waals surface area contributed by atoms with Gasteiger partial charge in [0, 0.05) is 25.3 Å². The molecule has 1 unspecified atom stereocenters. The summed E-state index contributed by atoms with van der Waals surface area (Å²) in [4.78, 5) is 40.2. The highest BCUT2D eigenvalue weighted by molar-refractivity contribution is 6.22. The Bertz CT molecular complexity index is 690. The molecular weight excluding hydrogens is 296 g/mol. The fraction of sp³-hybridized carbons (Fsp3) is 0.471. The van der Waals surface area contributed by atoms with Gasteiger partial charge in [-0.05, 0) is 37.5 Å². The van der Waals surface area contributed by atoms with Gasteiger partial charge in [0.2, 0.25) is 0 Å². The number of ether oxygens (including phenoxy) is 1. The summed E-state index contributed by atoms with van der Waals surface area (Å²) in [5, 5.41) is 0. The predicted molar refractivity (Wildman–Crippen MR) is 81.3 cm³/mol. The van der Waals surface area contributed by atoms with E-state index >= 15 is 0 Å². The Morgan fingerprint density at radius 3 is 2.57 bits per heavy atom. The molecule has 4 rings (SSSR count). The van der Waals surface area contributed by atoms with Gasteiger partial charge in [-0.25, -0.2) is 0 Å². The highest BCUT2D eigenvalue weighted by Gasteiger charge is 2.38. The number of carbonyl (C=O) groups excluding carboxylic acids is 3. The number of likely N-dealkylation sites (tertiary alicyclic amines) is 1. The lowest BCUT2D eigenvalue weighted by molar-refractivity contribution is 0.0475. The fourth-order valence-electron chi connectivity index (χ4n) is 3.28. The SMILES string of the molecule is O=C(c1ccc2c(c1)C(=O)N(CC1CCCO1)C2=O)N1CCC1. The summed E-state index contributed by atoms with van der Waals surface area (Å²) < 4.78 is 5.52. The van der Waals surface area contributed by atoms with E-state index < -0.39 is 0 Å². The average molecular weight is 314 g/mol. The maximum Gasteiger partial charge on any atom is 0.261 e. The number of carbonyl (C=O) groups is 3. The maximum absolute atomic E-state index is 12.5. The largest absolute Gasteiger partial charge is 0.376 e. The van der Waals surface area contributed by atoms with Crippen LogP contribution in [0.25, 0.3) is 0 Å². The highest BCUT2D eigenvalue weighted by atomic mass is 16.5. The molecule has 2 saturated heterocycles. The molecule has 6 heteroatoms. The Labute approximate surface area is 134 Å². The van der Waals surface area contributed by atoms with Crippen molar-refractivity contribution in [2.75, 3.05) is 26.2 Å². The molecule has 3 aliphatic rings. The van der Waals surface area contributed by atoms with E-state index in [4.69, 9.17) is 4.74 Å². The lowest BCUT2D eigenvalue weighted by atomic mass is 10.0. The van der Waals surface area contributed by atoms with Gasteiger partial charge in [0.15, 0.2) is 0 Å². The number of fused-ring (bicyclic) bond motifs is 1. The van der Waals surface area contributed by atoms with Crippen molar-refractivity contribution in [2.45, 2.75) is 25.4 Å². The van der Waals surface area contributed by atoms with Gasteiger partial charge in [-0.1, -0.05) is 0 Å². The minimum absolute atomic E-state index is 0.0700. The molecule has 0 N–H and O–H groups in total. The smallest absolute Gasteiger partial charge is 0.261 e. The van der Waals surface area contributed by atoms with E-state index in [2.05, 4.69) is 0 Å². The van der Waals surface area contributed by atoms with E-state index in [9.17, 15) is 14.4 Å². The Morgan fingerprint density at radius 1 is 1.13 bits per heavy atom. The molecule has 3 aliphatic heterocycles. The van der Waals surface area contributed by atoms with Crippen molar-refractivity contribution >= 4 is 17.7 Å². The van der Waals surface area contributed by atoms with Gasteiger partial charge >= 0.3 is 0 Å². The number of imide groups is 1. The number of rotatable bonds is 3. The molecule has 3 amide bonds. The minimum atomic E-state index is -0.321. The molecule has 6 nitrogen and oxygen atoms in total. The zero-order valence-corrected chi connectivity index (χ0v) is 12.8. The zero-order valence-electron chi connectivity index (χ0n) is 12.8. The number of benzene rings is 1. The van der Waals surface area contributed by atoms with Crippen LogP contribution in [-0.2, 0) is 4.74 Å². The molecule has 120 valence electrons. The van der Waals surface area contributed by atoms with Gasteiger partial charge in [0.25, 0.3) is 17.7 Å². The average Bonchev–Trinajstić information content (AvgIpc) is 3.09. The summed E-state index contributed by atoms with van der Waals surface area (Å²) in [5.41, 5.74) is 1.19. The molecule has 0 radical (unpaired) electrons. The summed E-state index contributed by atoms with van der Waals surface area (Å²) in [6.45, 7) is 2.49. The quantitative estimate of drug-likeness (QED) is 0.789. The second kappa shape index (κ2) is 5.45. The van der Waals surface area contributed by atoms with Crippen LogP contribution in [0.4, 0.5) is 0 Å². The molecular formula is C17H18N2O4. The number of hydrogen-bond acceptors (Lipinski definition) is 4. The van der Waals surface area contributed by atoms with Gasteiger partial charge in [0.05, 0.1) is 23.8 Å². The van der Waals surface area contributed by atoms with Crippen LogP contribution in [0.5, 0.6) is 0 Å². The van der Waals surface area contributed by atoms with Crippen LogP contribution in [-0.4, -0.2) is 59.9 Å². The van der Waals surface area contributed by atoms with E-state index in [1.165, 1.54) is 4.90 Å². The van der Waals surface area contributed by atoms with Gasteiger partial charge < -0.3 is 9.64 Å². The molecule has 1 atom stereocenters. The summed E-state index contributed by atoms with van der Waals surface area (Å²) in [7, 11) is 0. The van der Waals surface area contributed by atoms with Crippen molar-refractivity contribution in [3.63, 3.8) is 0 Å². The van der Waals surface area contributed by atoms with Crippen LogP contribution in [0.3, 0.4) is 0 Å². The van der Waals surface area contributed by atoms with Crippen LogP contribution in [0.15, 0.2) is 18.2 Å². The van der Waals surface area contributed by atoms with Gasteiger partial charge in [0.1, 0.15) is 0 Å². The second-order valence-corrected chi connectivity index (χ2v) is 6.26. The first kappa shape index (κ1) is 14.4. The van der Waals surface area contributed by atoms with Crippen molar-refractivity contribution in [1.82, 2.24) is 9.80 Å². The lowest BCUT2D eigenvalue weighted by Crippen LogP contribution is -2.42. The Hall–Kier alpha value is -2.21. The third kappa shape index (κ3) is 2.34. The number of hydrogen-bond donors (Lipinski definition) is 0. The molecule has 23 heavy (non-hydrogen) atoms. The number of nitrogens with zero attached hydrogens (tertiary/aromatic N) is 2. The monoisotopic (exact) mass is 314 g/mol. The van der Waals surface area contributed by atoms with Crippen LogP contribution in [0.1, 0.15) is 50.3 Å².